The van der Waals surface area contributed by atoms with Gasteiger partial charge in [-0.05, 0) is 20.0 Å². The molecule has 0 bridgehead atoms. The molecule has 0 heterocycles. The van der Waals surface area contributed by atoms with Crippen molar-refractivity contribution in [3.05, 3.63) is 0 Å². The summed E-state index contributed by atoms with van der Waals surface area (Å²) < 4.78 is 0. The second-order valence-corrected chi connectivity index (χ2v) is 4.02. The van der Waals surface area contributed by atoms with E-state index in [4.69, 9.17) is 19.2 Å². The Bertz CT molecular complexity index is 47.0. The first-order chi connectivity index (χ1) is 5.73. The average Bonchev–Trinajstić information content (AvgIpc) is 2.16. The third-order valence-corrected chi connectivity index (χ3v) is 0. The first-order valence-electron chi connectivity index (χ1n) is 2.50. The molecule has 0 saturated heterocycles. The van der Waals surface area contributed by atoms with E-state index in [0.29, 0.717) is 7.92 Å². The summed E-state index contributed by atoms with van der Waals surface area (Å²) >= 11 is 0. The van der Waals surface area contributed by atoms with Gasteiger partial charge in [0.05, 0.1) is 0 Å². The van der Waals surface area contributed by atoms with Gasteiger partial charge in [0.1, 0.15) is 27.2 Å². The molecule has 4 nitrogen and oxygen atoms in total. The molecule has 6 heteroatoms. The molecular weight excluding hydrogens is 235 g/mol. The Hall–Kier alpha value is -0.371. The summed E-state index contributed by atoms with van der Waals surface area (Å²) in [6.45, 7) is 14.7. The van der Waals surface area contributed by atoms with Gasteiger partial charge in [-0.15, -0.1) is 7.92 Å². The molecule has 0 spiro atoms. The zero-order valence-corrected chi connectivity index (χ0v) is 10.3. The zero-order valence-electron chi connectivity index (χ0n) is 8.26. The molecule has 0 atom stereocenters. The number of hydrogen-bond donors (Lipinski definition) is 0. The molecule has 13 heavy (non-hydrogen) atoms. The van der Waals surface area contributed by atoms with Crippen molar-refractivity contribution in [3.63, 3.8) is 0 Å². The minimum atomic E-state index is 0. The quantitative estimate of drug-likeness (QED) is 0.468. The van der Waals surface area contributed by atoms with Crippen molar-refractivity contribution in [1.82, 2.24) is 0 Å². The van der Waals surface area contributed by atoms with E-state index < -0.39 is 0 Å². The summed E-state index contributed by atoms with van der Waals surface area (Å²) in [6.07, 6.45) is 0. The third kappa shape index (κ3) is 7850. The van der Waals surface area contributed by atoms with Crippen LogP contribution in [0.5, 0.6) is 0 Å². The van der Waals surface area contributed by atoms with Crippen LogP contribution in [-0.2, 0) is 36.2 Å². The van der Waals surface area contributed by atoms with Crippen molar-refractivity contribution < 1.29 is 36.2 Å². The second-order valence-electron chi connectivity index (χ2n) is 1.34. The van der Waals surface area contributed by atoms with Crippen LogP contribution in [0.15, 0.2) is 0 Å². The molecule has 0 aromatic heterocycles. The van der Waals surface area contributed by atoms with E-state index in [1.807, 2.05) is 27.2 Å². The summed E-state index contributed by atoms with van der Waals surface area (Å²) in [5.74, 6) is 0. The van der Waals surface area contributed by atoms with Crippen LogP contribution in [0.2, 0.25) is 0 Å². The Morgan fingerprint density at radius 3 is 0.615 bits per heavy atom. The zero-order chi connectivity index (χ0) is 11.6. The van der Waals surface area contributed by atoms with Crippen molar-refractivity contribution >= 4 is 35.1 Å². The Morgan fingerprint density at radius 2 is 0.615 bits per heavy atom. The molecule has 0 saturated carbocycles. The molecule has 0 unspecified atom stereocenters. The summed E-state index contributed by atoms with van der Waals surface area (Å²) in [4.78, 5) is 32.0. The van der Waals surface area contributed by atoms with Crippen LogP contribution in [-0.4, -0.2) is 47.2 Å². The SMILES string of the molecule is C=O.C=O.C=O.C=O.CP(C)C.[Fe]. The number of carbonyl (C=O) groups is 4. The van der Waals surface area contributed by atoms with Gasteiger partial charge in [0, 0.05) is 17.1 Å². The van der Waals surface area contributed by atoms with Gasteiger partial charge in [0.15, 0.2) is 0 Å². The van der Waals surface area contributed by atoms with Crippen molar-refractivity contribution in [1.29, 1.82) is 0 Å². The van der Waals surface area contributed by atoms with E-state index in [9.17, 15) is 0 Å². The predicted molar refractivity (Wildman–Crippen MR) is 53.2 cm³/mol. The van der Waals surface area contributed by atoms with Crippen molar-refractivity contribution in [2.75, 3.05) is 20.0 Å². The topological polar surface area (TPSA) is 68.3 Å². The fourth-order valence-corrected chi connectivity index (χ4v) is 0. The predicted octanol–water partition coefficient (Wildman–Crippen LogP) is 0.616. The smallest absolute Gasteiger partial charge is 0.106 e. The summed E-state index contributed by atoms with van der Waals surface area (Å²) in [6, 6.07) is 0. The maximum absolute atomic E-state index is 8.00. The van der Waals surface area contributed by atoms with Crippen LogP contribution in [0.4, 0.5) is 0 Å². The summed E-state index contributed by atoms with van der Waals surface area (Å²) in [5.41, 5.74) is 0. The van der Waals surface area contributed by atoms with Gasteiger partial charge in [-0.1, -0.05) is 0 Å². The van der Waals surface area contributed by atoms with Crippen LogP contribution in [0, 0.1) is 0 Å². The maximum Gasteiger partial charge on any atom is 0.106 e. The van der Waals surface area contributed by atoms with Crippen molar-refractivity contribution in [2.24, 2.45) is 0 Å². The average molecular weight is 252 g/mol. The monoisotopic (exact) mass is 252 g/mol. The van der Waals surface area contributed by atoms with Crippen molar-refractivity contribution in [3.8, 4) is 0 Å². The van der Waals surface area contributed by atoms with Gasteiger partial charge in [-0.25, -0.2) is 0 Å². The van der Waals surface area contributed by atoms with Gasteiger partial charge in [0.25, 0.3) is 0 Å². The van der Waals surface area contributed by atoms with E-state index in [1.54, 1.807) is 0 Å². The Morgan fingerprint density at radius 1 is 0.615 bits per heavy atom. The summed E-state index contributed by atoms with van der Waals surface area (Å²) in [7, 11) is 0.380. The minimum absolute atomic E-state index is 0. The van der Waals surface area contributed by atoms with Crippen LogP contribution in [0.1, 0.15) is 0 Å². The third-order valence-electron chi connectivity index (χ3n) is 0. The van der Waals surface area contributed by atoms with Crippen molar-refractivity contribution in [2.45, 2.75) is 0 Å². The number of hydrogen-bond acceptors (Lipinski definition) is 4. The fourth-order valence-electron chi connectivity index (χ4n) is 0. The first-order valence-corrected chi connectivity index (χ1v) is 5.18. The van der Waals surface area contributed by atoms with E-state index in [1.165, 1.54) is 0 Å². The van der Waals surface area contributed by atoms with E-state index in [2.05, 4.69) is 20.0 Å². The largest absolute Gasteiger partial charge is 0.307 e. The molecule has 0 fully saturated rings. The van der Waals surface area contributed by atoms with E-state index >= 15 is 0 Å². The van der Waals surface area contributed by atoms with E-state index in [0.717, 1.165) is 0 Å². The van der Waals surface area contributed by atoms with Crippen LogP contribution < -0.4 is 0 Å². The van der Waals surface area contributed by atoms with Crippen LogP contribution in [0.25, 0.3) is 0 Å². The fraction of sp³-hybridized carbons (Fsp3) is 0.429. The molecular formula is C7H17FeO4P. The van der Waals surface area contributed by atoms with Crippen LogP contribution >= 0.6 is 7.92 Å². The Labute approximate surface area is 91.7 Å². The molecule has 0 aliphatic carbocycles. The van der Waals surface area contributed by atoms with Gasteiger partial charge < -0.3 is 19.2 Å². The molecule has 0 amide bonds. The van der Waals surface area contributed by atoms with Gasteiger partial charge >= 0.3 is 0 Å². The van der Waals surface area contributed by atoms with Gasteiger partial charge in [0.2, 0.25) is 0 Å². The Kier molecular flexibility index (Phi) is 568. The van der Waals surface area contributed by atoms with Gasteiger partial charge in [-0.3, -0.25) is 0 Å². The van der Waals surface area contributed by atoms with Crippen LogP contribution in [0.3, 0.4) is 0 Å². The molecule has 0 radical (unpaired) electrons. The first kappa shape index (κ1) is 38.9. The molecule has 0 aliphatic rings. The number of rotatable bonds is 0. The molecule has 0 rings (SSSR count). The normalized spacial score (nSPS) is 4.00. The van der Waals surface area contributed by atoms with E-state index in [-0.39, 0.29) is 17.1 Å². The molecule has 0 N–H and O–H groups in total. The molecule has 0 aliphatic heterocycles. The second kappa shape index (κ2) is 190. The molecule has 0 aromatic carbocycles. The number of carbonyl (C=O) groups excluding carboxylic acids is 4. The van der Waals surface area contributed by atoms with Gasteiger partial charge in [-0.2, -0.15) is 0 Å². The minimum Gasteiger partial charge on any atom is -0.307 e. The molecule has 82 valence electrons. The standard InChI is InChI=1S/C3H9P.4CH2O.Fe/c1-4(2)3;4*1-2;/h1-3H3;4*1H2;. The molecule has 0 aromatic rings. The maximum atomic E-state index is 8.00. The Balaban J connectivity index is -0.0000000122. The summed E-state index contributed by atoms with van der Waals surface area (Å²) in [5, 5.41) is 0.